The lowest BCUT2D eigenvalue weighted by molar-refractivity contribution is 0.181. The maximum absolute atomic E-state index is 14.2. The molecule has 1 fully saturated rings. The normalized spacial score (nSPS) is 20.1. The second-order valence-corrected chi connectivity index (χ2v) is 6.18. The van der Waals surface area contributed by atoms with Crippen molar-refractivity contribution in [3.05, 3.63) is 72.3 Å². The molecule has 1 aromatic carbocycles. The topological polar surface area (TPSA) is 39.9 Å². The van der Waals surface area contributed by atoms with Gasteiger partial charge in [-0.25, -0.2) is 13.8 Å². The van der Waals surface area contributed by atoms with Crippen molar-refractivity contribution in [1.29, 1.82) is 0 Å². The highest BCUT2D eigenvalue weighted by atomic mass is 19.1. The molecule has 3 heterocycles. The summed E-state index contributed by atoms with van der Waals surface area (Å²) in [5, 5.41) is 0. The zero-order valence-corrected chi connectivity index (χ0v) is 13.5. The standard InChI is InChI=1S/C19H17F2N3O/c20-15-2-1-3-16(21)18(15)19-23-8-9-24(19)17-12-25-11-14(17)10-13-4-6-22-7-5-13/h1-9,14,17H,10-12H2/t14-,17+/m0/s1. The first kappa shape index (κ1) is 15.9. The van der Waals surface area contributed by atoms with Gasteiger partial charge in [-0.3, -0.25) is 4.98 Å². The van der Waals surface area contributed by atoms with Gasteiger partial charge in [-0.05, 0) is 36.2 Å². The Bertz CT molecular complexity index is 846. The number of pyridine rings is 1. The van der Waals surface area contributed by atoms with Crippen LogP contribution in [0.5, 0.6) is 0 Å². The zero-order valence-electron chi connectivity index (χ0n) is 13.5. The lowest BCUT2D eigenvalue weighted by Gasteiger charge is -2.21. The van der Waals surface area contributed by atoms with Crippen LogP contribution >= 0.6 is 0 Å². The third kappa shape index (κ3) is 3.05. The smallest absolute Gasteiger partial charge is 0.146 e. The predicted molar refractivity (Wildman–Crippen MR) is 88.9 cm³/mol. The van der Waals surface area contributed by atoms with E-state index in [4.69, 9.17) is 4.74 Å². The molecule has 4 rings (SSSR count). The van der Waals surface area contributed by atoms with E-state index in [1.54, 1.807) is 24.8 Å². The Kier molecular flexibility index (Phi) is 4.28. The van der Waals surface area contributed by atoms with Crippen LogP contribution in [0, 0.1) is 17.6 Å². The van der Waals surface area contributed by atoms with Crippen molar-refractivity contribution >= 4 is 0 Å². The number of aromatic nitrogens is 3. The maximum Gasteiger partial charge on any atom is 0.146 e. The van der Waals surface area contributed by atoms with Crippen LogP contribution in [0.2, 0.25) is 0 Å². The van der Waals surface area contributed by atoms with Gasteiger partial charge in [-0.15, -0.1) is 0 Å². The molecule has 0 radical (unpaired) electrons. The Morgan fingerprint density at radius 3 is 2.56 bits per heavy atom. The first-order valence-electron chi connectivity index (χ1n) is 8.18. The number of nitrogens with zero attached hydrogens (tertiary/aromatic N) is 3. The van der Waals surface area contributed by atoms with Gasteiger partial charge in [0.25, 0.3) is 0 Å². The summed E-state index contributed by atoms with van der Waals surface area (Å²) in [4.78, 5) is 8.24. The van der Waals surface area contributed by atoms with E-state index in [0.717, 1.165) is 12.0 Å². The summed E-state index contributed by atoms with van der Waals surface area (Å²) in [6.45, 7) is 1.10. The second-order valence-electron chi connectivity index (χ2n) is 6.18. The Morgan fingerprint density at radius 2 is 1.80 bits per heavy atom. The molecule has 25 heavy (non-hydrogen) atoms. The molecule has 128 valence electrons. The highest BCUT2D eigenvalue weighted by Crippen LogP contribution is 2.34. The van der Waals surface area contributed by atoms with E-state index in [9.17, 15) is 8.78 Å². The molecule has 1 saturated heterocycles. The average molecular weight is 341 g/mol. The van der Waals surface area contributed by atoms with Gasteiger partial charge in [0.2, 0.25) is 0 Å². The molecule has 0 saturated carbocycles. The third-order valence-corrected chi connectivity index (χ3v) is 4.62. The number of imidazole rings is 1. The van der Waals surface area contributed by atoms with E-state index in [1.165, 1.54) is 18.2 Å². The fourth-order valence-electron chi connectivity index (χ4n) is 3.40. The first-order valence-corrected chi connectivity index (χ1v) is 8.18. The van der Waals surface area contributed by atoms with Crippen molar-refractivity contribution in [2.75, 3.05) is 13.2 Å². The van der Waals surface area contributed by atoms with Gasteiger partial charge in [-0.2, -0.15) is 0 Å². The number of rotatable bonds is 4. The first-order chi connectivity index (χ1) is 12.2. The van der Waals surface area contributed by atoms with Crippen molar-refractivity contribution in [3.8, 4) is 11.4 Å². The molecule has 1 aliphatic rings. The minimum absolute atomic E-state index is 0.0235. The van der Waals surface area contributed by atoms with Crippen LogP contribution < -0.4 is 0 Å². The SMILES string of the molecule is Fc1cccc(F)c1-c1nccn1[C@@H]1COC[C@@H]1Cc1ccncc1. The molecule has 0 N–H and O–H groups in total. The van der Waals surface area contributed by atoms with Crippen molar-refractivity contribution in [3.63, 3.8) is 0 Å². The second kappa shape index (κ2) is 6.72. The lowest BCUT2D eigenvalue weighted by Crippen LogP contribution is -2.20. The molecule has 1 aliphatic heterocycles. The minimum atomic E-state index is -0.614. The highest BCUT2D eigenvalue weighted by Gasteiger charge is 2.32. The van der Waals surface area contributed by atoms with Gasteiger partial charge < -0.3 is 9.30 Å². The zero-order chi connectivity index (χ0) is 17.2. The fraction of sp³-hybridized carbons (Fsp3) is 0.263. The van der Waals surface area contributed by atoms with E-state index < -0.39 is 11.6 Å². The maximum atomic E-state index is 14.2. The molecule has 0 spiro atoms. The summed E-state index contributed by atoms with van der Waals surface area (Å²) < 4.78 is 35.9. The van der Waals surface area contributed by atoms with Gasteiger partial charge in [0, 0.05) is 30.7 Å². The van der Waals surface area contributed by atoms with Gasteiger partial charge in [0.05, 0.1) is 24.8 Å². The predicted octanol–water partition coefficient (Wildman–Crippen LogP) is 3.65. The number of benzene rings is 1. The van der Waals surface area contributed by atoms with Gasteiger partial charge in [-0.1, -0.05) is 6.07 Å². The van der Waals surface area contributed by atoms with Crippen molar-refractivity contribution in [2.45, 2.75) is 12.5 Å². The summed E-state index contributed by atoms with van der Waals surface area (Å²) in [7, 11) is 0. The molecular formula is C19H17F2N3O. The molecule has 0 bridgehead atoms. The molecule has 0 unspecified atom stereocenters. The van der Waals surface area contributed by atoms with Crippen molar-refractivity contribution in [1.82, 2.24) is 14.5 Å². The van der Waals surface area contributed by atoms with E-state index >= 15 is 0 Å². The van der Waals surface area contributed by atoms with E-state index in [0.29, 0.717) is 19.0 Å². The summed E-state index contributed by atoms with van der Waals surface area (Å²) in [5.41, 5.74) is 1.07. The van der Waals surface area contributed by atoms with Gasteiger partial charge in [0.15, 0.2) is 0 Å². The number of hydrogen-bond acceptors (Lipinski definition) is 3. The van der Waals surface area contributed by atoms with Crippen LogP contribution in [0.15, 0.2) is 55.1 Å². The Balaban J connectivity index is 1.67. The Labute approximate surface area is 144 Å². The van der Waals surface area contributed by atoms with Gasteiger partial charge in [0.1, 0.15) is 17.5 Å². The average Bonchev–Trinajstić information content (AvgIpc) is 3.25. The largest absolute Gasteiger partial charge is 0.379 e. The fourth-order valence-corrected chi connectivity index (χ4v) is 3.40. The molecule has 2 aromatic heterocycles. The number of ether oxygens (including phenoxy) is 1. The molecule has 0 amide bonds. The lowest BCUT2D eigenvalue weighted by atomic mass is 9.95. The Morgan fingerprint density at radius 1 is 1.04 bits per heavy atom. The van der Waals surface area contributed by atoms with Crippen molar-refractivity contribution in [2.24, 2.45) is 5.92 Å². The Hall–Kier alpha value is -2.60. The van der Waals surface area contributed by atoms with Crippen LogP contribution in [0.4, 0.5) is 8.78 Å². The summed E-state index contributed by atoms with van der Waals surface area (Å²) in [6.07, 6.45) is 7.67. The molecule has 2 atom stereocenters. The quantitative estimate of drug-likeness (QED) is 0.727. The van der Waals surface area contributed by atoms with Gasteiger partial charge >= 0.3 is 0 Å². The number of hydrogen-bond donors (Lipinski definition) is 0. The highest BCUT2D eigenvalue weighted by molar-refractivity contribution is 5.57. The molecule has 0 aliphatic carbocycles. The van der Waals surface area contributed by atoms with E-state index in [1.807, 2.05) is 16.7 Å². The van der Waals surface area contributed by atoms with Crippen LogP contribution in [-0.2, 0) is 11.2 Å². The molecule has 4 nitrogen and oxygen atoms in total. The van der Waals surface area contributed by atoms with Crippen LogP contribution in [-0.4, -0.2) is 27.7 Å². The molecule has 3 aromatic rings. The summed E-state index contributed by atoms with van der Waals surface area (Å²) in [5.74, 6) is -0.731. The summed E-state index contributed by atoms with van der Waals surface area (Å²) in [6, 6.07) is 7.77. The number of halogens is 2. The monoisotopic (exact) mass is 341 g/mol. The molecule has 6 heteroatoms. The molecular weight excluding hydrogens is 324 g/mol. The van der Waals surface area contributed by atoms with E-state index in [2.05, 4.69) is 9.97 Å². The third-order valence-electron chi connectivity index (χ3n) is 4.62. The van der Waals surface area contributed by atoms with Crippen LogP contribution in [0.25, 0.3) is 11.4 Å². The van der Waals surface area contributed by atoms with Crippen molar-refractivity contribution < 1.29 is 13.5 Å². The van der Waals surface area contributed by atoms with E-state index in [-0.39, 0.29) is 17.5 Å². The summed E-state index contributed by atoms with van der Waals surface area (Å²) >= 11 is 0. The van der Waals surface area contributed by atoms with Crippen LogP contribution in [0.1, 0.15) is 11.6 Å². The minimum Gasteiger partial charge on any atom is -0.379 e. The van der Waals surface area contributed by atoms with Crippen LogP contribution in [0.3, 0.4) is 0 Å².